The molecule has 0 aliphatic rings. The molecule has 0 atom stereocenters. The molecule has 0 aliphatic heterocycles. The first kappa shape index (κ1) is 26.0. The van der Waals surface area contributed by atoms with E-state index in [1.54, 1.807) is 6.07 Å². The van der Waals surface area contributed by atoms with Crippen LogP contribution >= 0.6 is 55.1 Å². The zero-order chi connectivity index (χ0) is 23.6. The van der Waals surface area contributed by atoms with Crippen LogP contribution in [0.5, 0.6) is 5.75 Å². The minimum atomic E-state index is -6.48. The third-order valence-corrected chi connectivity index (χ3v) is 5.35. The summed E-state index contributed by atoms with van der Waals surface area (Å²) in [6.07, 6.45) is -5.87. The first-order chi connectivity index (χ1) is 14.2. The van der Waals surface area contributed by atoms with E-state index in [-0.39, 0.29) is 22.9 Å². The van der Waals surface area contributed by atoms with Crippen molar-refractivity contribution in [2.45, 2.75) is 24.8 Å². The van der Waals surface area contributed by atoms with Gasteiger partial charge in [0, 0.05) is 10.0 Å². The molecule has 2 aromatic rings. The van der Waals surface area contributed by atoms with E-state index in [1.807, 2.05) is 0 Å². The Morgan fingerprint density at radius 2 is 1.61 bits per heavy atom. The Labute approximate surface area is 197 Å². The Morgan fingerprint density at radius 1 is 0.968 bits per heavy atom. The zero-order valence-electron chi connectivity index (χ0n) is 14.7. The highest BCUT2D eigenvalue weighted by atomic mass is 79.9. The topological polar surface area (TPSA) is 33.6 Å². The number of rotatable bonds is 7. The highest BCUT2D eigenvalue weighted by Gasteiger charge is 2.73. The highest BCUT2D eigenvalue weighted by molar-refractivity contribution is 9.11. The largest absolute Gasteiger partial charge is 0.487 e. The van der Waals surface area contributed by atoms with Crippen LogP contribution in [0.1, 0.15) is 11.1 Å². The Morgan fingerprint density at radius 3 is 2.19 bits per heavy atom. The van der Waals surface area contributed by atoms with Gasteiger partial charge in [-0.1, -0.05) is 45.2 Å². The molecule has 1 N–H and O–H groups in total. The zero-order valence-corrected chi connectivity index (χ0v) is 19.4. The molecule has 31 heavy (non-hydrogen) atoms. The normalized spacial score (nSPS) is 13.0. The number of halogens is 11. The molecule has 2 aromatic carbocycles. The fourth-order valence-corrected chi connectivity index (χ4v) is 3.74. The molecular formula is C17H9Br2Cl2F7N2O. The molecule has 0 unspecified atom stereocenters. The molecule has 0 aliphatic carbocycles. The van der Waals surface area contributed by atoms with Crippen molar-refractivity contribution in [1.29, 1.82) is 0 Å². The average molecular weight is 621 g/mol. The molecule has 0 heterocycles. The number of hydrogen-bond acceptors (Lipinski definition) is 3. The predicted molar refractivity (Wildman–Crippen MR) is 109 cm³/mol. The molecule has 2 rings (SSSR count). The van der Waals surface area contributed by atoms with Gasteiger partial charge in [0.1, 0.15) is 12.4 Å². The maximum Gasteiger partial charge on any atom is 0.462 e. The van der Waals surface area contributed by atoms with Crippen molar-refractivity contribution in [3.05, 3.63) is 60.4 Å². The van der Waals surface area contributed by atoms with Crippen molar-refractivity contribution in [2.24, 2.45) is 5.10 Å². The second kappa shape index (κ2) is 9.72. The molecule has 0 radical (unpaired) electrons. The Bertz CT molecular complexity index is 988. The lowest BCUT2D eigenvalue weighted by atomic mass is 10.2. The van der Waals surface area contributed by atoms with E-state index in [1.165, 1.54) is 24.3 Å². The Hall–Kier alpha value is -1.24. The summed E-state index contributed by atoms with van der Waals surface area (Å²) in [6.45, 7) is -0.0618. The molecule has 3 nitrogen and oxygen atoms in total. The monoisotopic (exact) mass is 618 g/mol. The maximum absolute atomic E-state index is 13.3. The molecule has 0 amide bonds. The molecule has 0 saturated carbocycles. The second-order valence-electron chi connectivity index (χ2n) is 5.86. The van der Waals surface area contributed by atoms with E-state index in [9.17, 15) is 30.7 Å². The Kier molecular flexibility index (Phi) is 8.15. The van der Waals surface area contributed by atoms with E-state index < -0.39 is 18.1 Å². The lowest BCUT2D eigenvalue weighted by molar-refractivity contribution is -0.361. The number of hydrazone groups is 1. The number of nitrogens with one attached hydrogen (secondary N) is 1. The van der Waals surface area contributed by atoms with Crippen molar-refractivity contribution >= 4 is 61.3 Å². The lowest BCUT2D eigenvalue weighted by Gasteiger charge is -2.27. The van der Waals surface area contributed by atoms with Crippen LogP contribution in [0.4, 0.5) is 30.7 Å². The summed E-state index contributed by atoms with van der Waals surface area (Å²) in [5.74, 6) is -6.30. The predicted octanol–water partition coefficient (Wildman–Crippen LogP) is 7.81. The van der Waals surface area contributed by atoms with Gasteiger partial charge >= 0.3 is 18.1 Å². The van der Waals surface area contributed by atoms with Crippen LogP contribution in [0.15, 0.2) is 44.4 Å². The van der Waals surface area contributed by atoms with Crippen molar-refractivity contribution in [2.75, 3.05) is 0 Å². The fraction of sp³-hybridized carbons (Fsp3) is 0.235. The summed E-state index contributed by atoms with van der Waals surface area (Å²) < 4.78 is 95.5. The van der Waals surface area contributed by atoms with Gasteiger partial charge in [-0.25, -0.2) is 5.43 Å². The van der Waals surface area contributed by atoms with Gasteiger partial charge in [-0.05, 0) is 45.8 Å². The van der Waals surface area contributed by atoms with Crippen LogP contribution in [-0.2, 0) is 6.61 Å². The molecule has 14 heteroatoms. The molecule has 0 saturated heterocycles. The first-order valence-electron chi connectivity index (χ1n) is 7.84. The summed E-state index contributed by atoms with van der Waals surface area (Å²) in [5.41, 5.74) is 1.13. The minimum Gasteiger partial charge on any atom is -0.487 e. The third-order valence-electron chi connectivity index (χ3n) is 3.56. The summed E-state index contributed by atoms with van der Waals surface area (Å²) in [6, 6.07) is 1.81. The van der Waals surface area contributed by atoms with E-state index in [0.717, 1.165) is 0 Å². The fourth-order valence-electron chi connectivity index (χ4n) is 2.04. The lowest BCUT2D eigenvalue weighted by Crippen LogP contribution is -2.58. The molecule has 0 bridgehead atoms. The summed E-state index contributed by atoms with van der Waals surface area (Å²) in [5, 5.41) is 3.42. The van der Waals surface area contributed by atoms with Crippen LogP contribution < -0.4 is 10.2 Å². The van der Waals surface area contributed by atoms with Crippen LogP contribution in [0.3, 0.4) is 0 Å². The first-order valence-corrected chi connectivity index (χ1v) is 10.2. The van der Waals surface area contributed by atoms with Crippen LogP contribution in [0.2, 0.25) is 10.0 Å². The van der Waals surface area contributed by atoms with E-state index in [2.05, 4.69) is 37.0 Å². The van der Waals surface area contributed by atoms with Gasteiger partial charge in [-0.2, -0.15) is 35.8 Å². The maximum atomic E-state index is 13.3. The van der Waals surface area contributed by atoms with Gasteiger partial charge in [-0.15, -0.1) is 0 Å². The van der Waals surface area contributed by atoms with Crippen LogP contribution in [-0.4, -0.2) is 24.4 Å². The van der Waals surface area contributed by atoms with Gasteiger partial charge in [0.2, 0.25) is 0 Å². The second-order valence-corrected chi connectivity index (χ2v) is 8.44. The molecule has 0 fully saturated rings. The third kappa shape index (κ3) is 6.17. The van der Waals surface area contributed by atoms with Crippen molar-refractivity contribution in [1.82, 2.24) is 5.43 Å². The van der Waals surface area contributed by atoms with E-state index in [4.69, 9.17) is 27.9 Å². The molecule has 0 spiro atoms. The van der Waals surface area contributed by atoms with Gasteiger partial charge in [-0.3, -0.25) is 0 Å². The Balaban J connectivity index is 2.25. The van der Waals surface area contributed by atoms with Gasteiger partial charge in [0.15, 0.2) is 0 Å². The smallest absolute Gasteiger partial charge is 0.462 e. The van der Waals surface area contributed by atoms with Gasteiger partial charge in [0.05, 0.1) is 20.7 Å². The standard InChI is InChI=1S/C17H9Br2Cl2F7N2O/c18-10-4-9(6-29-30-17(27,28)15(22,23)16(24,25)26)14(11(19)5-10)31-7-8-1-2-12(20)13(21)3-8/h1-6,30H,7H2/b29-6-. The van der Waals surface area contributed by atoms with Crippen molar-refractivity contribution in [3.63, 3.8) is 0 Å². The SMILES string of the molecule is FC(F)(F)C(F)(F)C(F)(F)N/N=C\c1cc(Br)cc(Br)c1OCc1ccc(Cl)c(Cl)c1. The van der Waals surface area contributed by atoms with Crippen LogP contribution in [0, 0.1) is 0 Å². The molecule has 0 aromatic heterocycles. The molecular weight excluding hydrogens is 612 g/mol. The quantitative estimate of drug-likeness (QED) is 0.148. The summed E-state index contributed by atoms with van der Waals surface area (Å²) >= 11 is 18.1. The number of benzene rings is 2. The number of ether oxygens (including phenoxy) is 1. The van der Waals surface area contributed by atoms with E-state index in [0.29, 0.717) is 31.2 Å². The van der Waals surface area contributed by atoms with Crippen LogP contribution in [0.25, 0.3) is 0 Å². The molecule has 170 valence electrons. The van der Waals surface area contributed by atoms with Crippen molar-refractivity contribution < 1.29 is 35.5 Å². The summed E-state index contributed by atoms with van der Waals surface area (Å²) in [7, 11) is 0. The van der Waals surface area contributed by atoms with Crippen molar-refractivity contribution in [3.8, 4) is 5.75 Å². The van der Waals surface area contributed by atoms with Gasteiger partial charge in [0.25, 0.3) is 0 Å². The number of hydrogen-bond donors (Lipinski definition) is 1. The number of alkyl halides is 7. The number of nitrogens with zero attached hydrogens (tertiary/aromatic N) is 1. The summed E-state index contributed by atoms with van der Waals surface area (Å²) in [4.78, 5) is 0. The highest BCUT2D eigenvalue weighted by Crippen LogP contribution is 2.45. The minimum absolute atomic E-state index is 0.0139. The van der Waals surface area contributed by atoms with E-state index >= 15 is 0 Å². The average Bonchev–Trinajstić information content (AvgIpc) is 2.62. The van der Waals surface area contributed by atoms with Gasteiger partial charge < -0.3 is 4.74 Å².